The number of anilines is 1. The highest BCUT2D eigenvalue weighted by atomic mass is 79.9. The van der Waals surface area contributed by atoms with Crippen molar-refractivity contribution >= 4 is 28.0 Å². The molecule has 1 aliphatic carbocycles. The highest BCUT2D eigenvalue weighted by molar-refractivity contribution is 9.10. The van der Waals surface area contributed by atoms with Crippen molar-refractivity contribution in [3.8, 4) is 6.07 Å². The Kier molecular flexibility index (Phi) is 5.84. The molecule has 2 aliphatic rings. The third-order valence-corrected chi connectivity index (χ3v) is 7.13. The maximum atomic E-state index is 12.7. The highest BCUT2D eigenvalue weighted by Gasteiger charge is 2.49. The Morgan fingerprint density at radius 3 is 2.72 bits per heavy atom. The van der Waals surface area contributed by atoms with Gasteiger partial charge in [-0.3, -0.25) is 4.98 Å². The number of aryl methyl sites for hydroxylation is 1. The van der Waals surface area contributed by atoms with Crippen LogP contribution in [0.15, 0.2) is 22.8 Å². The predicted octanol–water partition coefficient (Wildman–Crippen LogP) is 4.22. The van der Waals surface area contributed by atoms with Crippen LogP contribution < -0.4 is 10.2 Å². The SMILES string of the molecule is Cc1nc(N2CCC3(CC2)Cc2ncccc2[C@H]3NC(=O)OC(C)(C)C)nc(C#N)c1Br. The third kappa shape index (κ3) is 4.29. The molecule has 168 valence electrons. The van der Waals surface area contributed by atoms with E-state index in [2.05, 4.69) is 47.2 Å². The average molecular weight is 499 g/mol. The van der Waals surface area contributed by atoms with Crippen LogP contribution in [0.2, 0.25) is 0 Å². The zero-order valence-corrected chi connectivity index (χ0v) is 20.4. The van der Waals surface area contributed by atoms with Gasteiger partial charge in [0, 0.05) is 30.4 Å². The lowest BCUT2D eigenvalue weighted by Crippen LogP contribution is -2.48. The van der Waals surface area contributed by atoms with Crippen LogP contribution in [0.1, 0.15) is 62.3 Å². The molecule has 1 aliphatic heterocycles. The van der Waals surface area contributed by atoms with Gasteiger partial charge in [-0.15, -0.1) is 0 Å². The molecule has 2 aromatic rings. The van der Waals surface area contributed by atoms with Gasteiger partial charge in [-0.1, -0.05) is 6.07 Å². The van der Waals surface area contributed by atoms with Crippen molar-refractivity contribution in [3.63, 3.8) is 0 Å². The van der Waals surface area contributed by atoms with E-state index in [1.54, 1.807) is 6.20 Å². The largest absolute Gasteiger partial charge is 0.444 e. The summed E-state index contributed by atoms with van der Waals surface area (Å²) in [6.45, 7) is 8.91. The molecule has 0 bridgehead atoms. The number of piperidine rings is 1. The maximum Gasteiger partial charge on any atom is 0.408 e. The fraction of sp³-hybridized carbons (Fsp3) is 0.522. The van der Waals surface area contributed by atoms with Gasteiger partial charge in [0.2, 0.25) is 5.95 Å². The molecule has 0 aromatic carbocycles. The van der Waals surface area contributed by atoms with E-state index in [1.807, 2.05) is 39.8 Å². The molecule has 2 aromatic heterocycles. The smallest absolute Gasteiger partial charge is 0.408 e. The van der Waals surface area contributed by atoms with E-state index in [0.717, 1.165) is 49.3 Å². The molecule has 1 fully saturated rings. The number of ether oxygens (including phenoxy) is 1. The normalized spacial score (nSPS) is 19.4. The topological polar surface area (TPSA) is 104 Å². The first-order chi connectivity index (χ1) is 15.1. The van der Waals surface area contributed by atoms with Gasteiger partial charge in [0.1, 0.15) is 11.7 Å². The van der Waals surface area contributed by atoms with Crippen molar-refractivity contribution in [1.29, 1.82) is 5.26 Å². The fourth-order valence-corrected chi connectivity index (χ4v) is 4.93. The number of nitriles is 1. The first kappa shape index (κ1) is 22.5. The van der Waals surface area contributed by atoms with Crippen LogP contribution in [0.3, 0.4) is 0 Å². The van der Waals surface area contributed by atoms with E-state index in [-0.39, 0.29) is 11.5 Å². The number of hydrogen-bond donors (Lipinski definition) is 1. The summed E-state index contributed by atoms with van der Waals surface area (Å²) >= 11 is 3.39. The maximum absolute atomic E-state index is 12.7. The molecular weight excluding hydrogens is 472 g/mol. The lowest BCUT2D eigenvalue weighted by molar-refractivity contribution is 0.0427. The molecule has 0 radical (unpaired) electrons. The zero-order chi connectivity index (χ0) is 23.1. The summed E-state index contributed by atoms with van der Waals surface area (Å²) in [7, 11) is 0. The number of rotatable bonds is 2. The lowest BCUT2D eigenvalue weighted by Gasteiger charge is -2.43. The number of carbonyl (C=O) groups excluding carboxylic acids is 1. The summed E-state index contributed by atoms with van der Waals surface area (Å²) in [6, 6.07) is 5.93. The summed E-state index contributed by atoms with van der Waals surface area (Å²) in [4.78, 5) is 28.4. The summed E-state index contributed by atoms with van der Waals surface area (Å²) < 4.78 is 6.19. The Morgan fingerprint density at radius 1 is 1.34 bits per heavy atom. The molecule has 3 heterocycles. The molecule has 1 atom stereocenters. The zero-order valence-electron chi connectivity index (χ0n) is 18.8. The van der Waals surface area contributed by atoms with Crippen molar-refractivity contribution in [2.24, 2.45) is 5.41 Å². The number of carbonyl (C=O) groups is 1. The molecule has 0 saturated carbocycles. The molecule has 8 nitrogen and oxygen atoms in total. The Labute approximate surface area is 196 Å². The van der Waals surface area contributed by atoms with Gasteiger partial charge in [0.15, 0.2) is 5.69 Å². The molecule has 32 heavy (non-hydrogen) atoms. The van der Waals surface area contributed by atoms with Crippen molar-refractivity contribution in [2.45, 2.75) is 58.6 Å². The Balaban J connectivity index is 1.57. The molecule has 9 heteroatoms. The number of nitrogens with zero attached hydrogens (tertiary/aromatic N) is 5. The van der Waals surface area contributed by atoms with Crippen molar-refractivity contribution in [3.05, 3.63) is 45.4 Å². The summed E-state index contributed by atoms with van der Waals surface area (Å²) in [5, 5.41) is 12.5. The third-order valence-electron chi connectivity index (χ3n) is 6.18. The number of halogens is 1. The molecule has 0 unspecified atom stereocenters. The summed E-state index contributed by atoms with van der Waals surface area (Å²) in [6.07, 6.45) is 3.88. The van der Waals surface area contributed by atoms with E-state index in [1.165, 1.54) is 0 Å². The van der Waals surface area contributed by atoms with E-state index in [4.69, 9.17) is 4.74 Å². The Bertz CT molecular complexity index is 1080. The van der Waals surface area contributed by atoms with Crippen LogP contribution in [0, 0.1) is 23.7 Å². The second-order valence-electron chi connectivity index (χ2n) is 9.53. The van der Waals surface area contributed by atoms with E-state index < -0.39 is 11.7 Å². The Hall–Kier alpha value is -2.73. The minimum atomic E-state index is -0.563. The summed E-state index contributed by atoms with van der Waals surface area (Å²) in [5.41, 5.74) is 2.47. The van der Waals surface area contributed by atoms with Crippen LogP contribution in [-0.4, -0.2) is 39.7 Å². The molecule has 4 rings (SSSR count). The Morgan fingerprint density at radius 2 is 2.06 bits per heavy atom. The first-order valence-corrected chi connectivity index (χ1v) is 11.5. The fourth-order valence-electron chi connectivity index (χ4n) is 4.66. The number of fused-ring (bicyclic) bond motifs is 1. The van der Waals surface area contributed by atoms with Crippen LogP contribution in [0.25, 0.3) is 0 Å². The second kappa shape index (κ2) is 8.32. The van der Waals surface area contributed by atoms with Gasteiger partial charge < -0.3 is 15.0 Å². The molecule has 1 N–H and O–H groups in total. The minimum absolute atomic E-state index is 0.146. The van der Waals surface area contributed by atoms with E-state index in [0.29, 0.717) is 16.1 Å². The number of aromatic nitrogens is 3. The number of nitrogens with one attached hydrogen (secondary N) is 1. The van der Waals surface area contributed by atoms with Crippen LogP contribution in [-0.2, 0) is 11.2 Å². The monoisotopic (exact) mass is 498 g/mol. The molecule has 1 amide bonds. The van der Waals surface area contributed by atoms with Gasteiger partial charge in [0.25, 0.3) is 0 Å². The predicted molar refractivity (Wildman–Crippen MR) is 123 cm³/mol. The van der Waals surface area contributed by atoms with Gasteiger partial charge in [-0.25, -0.2) is 14.8 Å². The standard InChI is InChI=1S/C23H27BrN6O2/c1-14-18(24)17(13-25)28-20(27-14)30-10-7-23(8-11-30)12-16-15(6-5-9-26-16)19(23)29-21(31)32-22(2,3)4/h5-6,9,19H,7-8,10-12H2,1-4H3,(H,29,31)/t19-/m1/s1. The van der Waals surface area contributed by atoms with Gasteiger partial charge in [0.05, 0.1) is 16.2 Å². The molecule has 1 spiro atoms. The molecular formula is C23H27BrN6O2. The molecule has 1 saturated heterocycles. The van der Waals surface area contributed by atoms with Crippen LogP contribution in [0.4, 0.5) is 10.7 Å². The van der Waals surface area contributed by atoms with E-state index >= 15 is 0 Å². The van der Waals surface area contributed by atoms with Crippen LogP contribution >= 0.6 is 15.9 Å². The lowest BCUT2D eigenvalue weighted by atomic mass is 9.73. The minimum Gasteiger partial charge on any atom is -0.444 e. The quantitative estimate of drug-likeness (QED) is 0.660. The van der Waals surface area contributed by atoms with Crippen LogP contribution in [0.5, 0.6) is 0 Å². The van der Waals surface area contributed by atoms with Gasteiger partial charge >= 0.3 is 6.09 Å². The highest BCUT2D eigenvalue weighted by Crippen LogP contribution is 2.51. The second-order valence-corrected chi connectivity index (χ2v) is 10.3. The average Bonchev–Trinajstić information content (AvgIpc) is 3.02. The number of alkyl carbamates (subject to hydrolysis) is 1. The summed E-state index contributed by atoms with van der Waals surface area (Å²) in [5.74, 6) is 0.572. The van der Waals surface area contributed by atoms with Gasteiger partial charge in [-0.2, -0.15) is 5.26 Å². The van der Waals surface area contributed by atoms with Gasteiger partial charge in [-0.05, 0) is 74.5 Å². The van der Waals surface area contributed by atoms with Crippen molar-refractivity contribution < 1.29 is 9.53 Å². The number of pyridine rings is 1. The first-order valence-electron chi connectivity index (χ1n) is 10.7. The van der Waals surface area contributed by atoms with Crippen molar-refractivity contribution in [1.82, 2.24) is 20.3 Å². The number of amides is 1. The number of hydrogen-bond acceptors (Lipinski definition) is 7. The van der Waals surface area contributed by atoms with Crippen molar-refractivity contribution in [2.75, 3.05) is 18.0 Å². The van der Waals surface area contributed by atoms with E-state index in [9.17, 15) is 10.1 Å².